The first kappa shape index (κ1) is 14.9. The minimum Gasteiger partial charge on any atom is -0.406 e. The Labute approximate surface area is 115 Å². The summed E-state index contributed by atoms with van der Waals surface area (Å²) in [4.78, 5) is 2.12. The van der Waals surface area contributed by atoms with E-state index >= 15 is 0 Å². The minimum absolute atomic E-state index is 0.132. The van der Waals surface area contributed by atoms with Gasteiger partial charge in [-0.25, -0.2) is 0 Å². The maximum Gasteiger partial charge on any atom is 0.573 e. The molecule has 6 heteroatoms. The summed E-state index contributed by atoms with van der Waals surface area (Å²) in [5.74, 6) is -0.209. The van der Waals surface area contributed by atoms with Gasteiger partial charge in [0.15, 0.2) is 0 Å². The lowest BCUT2D eigenvalue weighted by Gasteiger charge is -2.25. The highest BCUT2D eigenvalue weighted by Gasteiger charge is 2.31. The minimum atomic E-state index is -4.66. The molecule has 1 aliphatic rings. The highest BCUT2D eigenvalue weighted by atomic mass is 19.4. The number of hydrogen-bond acceptors (Lipinski definition) is 3. The fourth-order valence-electron chi connectivity index (χ4n) is 2.19. The van der Waals surface area contributed by atoms with Gasteiger partial charge in [-0.2, -0.15) is 0 Å². The van der Waals surface area contributed by atoms with Crippen LogP contribution in [0.3, 0.4) is 0 Å². The Kier molecular flexibility index (Phi) is 4.67. The van der Waals surface area contributed by atoms with Gasteiger partial charge < -0.3 is 9.84 Å². The molecule has 1 aliphatic heterocycles. The Morgan fingerprint density at radius 3 is 2.40 bits per heavy atom. The number of aliphatic hydroxyl groups excluding tert-OH is 1. The molecule has 0 bridgehead atoms. The van der Waals surface area contributed by atoms with E-state index in [0.717, 1.165) is 30.6 Å². The van der Waals surface area contributed by atoms with E-state index in [-0.39, 0.29) is 12.4 Å². The third-order valence-corrected chi connectivity index (χ3v) is 3.17. The lowest BCUT2D eigenvalue weighted by molar-refractivity contribution is -0.274. The molecule has 110 valence electrons. The summed E-state index contributed by atoms with van der Waals surface area (Å²) in [5, 5.41) is 8.86. The predicted molar refractivity (Wildman–Crippen MR) is 69.2 cm³/mol. The van der Waals surface area contributed by atoms with Gasteiger partial charge in [-0.3, -0.25) is 4.90 Å². The van der Waals surface area contributed by atoms with Crippen molar-refractivity contribution < 1.29 is 23.0 Å². The quantitative estimate of drug-likeness (QED) is 0.924. The molecule has 0 fully saturated rings. The Hall–Kier alpha value is -1.53. The Balaban J connectivity index is 2.00. The van der Waals surface area contributed by atoms with E-state index in [4.69, 9.17) is 5.11 Å². The molecule has 0 atom stereocenters. The van der Waals surface area contributed by atoms with E-state index in [9.17, 15) is 13.2 Å². The van der Waals surface area contributed by atoms with E-state index in [0.29, 0.717) is 6.54 Å². The Morgan fingerprint density at radius 1 is 1.20 bits per heavy atom. The van der Waals surface area contributed by atoms with Crippen LogP contribution in [0.25, 0.3) is 5.57 Å². The van der Waals surface area contributed by atoms with E-state index in [2.05, 4.69) is 9.64 Å². The topological polar surface area (TPSA) is 32.7 Å². The number of benzene rings is 1. The second-order valence-electron chi connectivity index (χ2n) is 4.58. The van der Waals surface area contributed by atoms with Gasteiger partial charge in [0.1, 0.15) is 5.75 Å². The number of β-amino-alcohol motifs (C(OH)–C–C–N with tert-alkyl or cyclic N) is 1. The molecule has 0 aliphatic carbocycles. The van der Waals surface area contributed by atoms with Crippen molar-refractivity contribution in [2.75, 3.05) is 26.2 Å². The molecular formula is C14H16F3NO2. The molecule has 1 heterocycles. The van der Waals surface area contributed by atoms with E-state index < -0.39 is 6.36 Å². The van der Waals surface area contributed by atoms with Gasteiger partial charge in [0.05, 0.1) is 6.61 Å². The molecule has 0 amide bonds. The largest absolute Gasteiger partial charge is 0.573 e. The van der Waals surface area contributed by atoms with E-state index in [1.807, 2.05) is 6.08 Å². The highest BCUT2D eigenvalue weighted by Crippen LogP contribution is 2.27. The van der Waals surface area contributed by atoms with Crippen LogP contribution >= 0.6 is 0 Å². The molecule has 1 N–H and O–H groups in total. The summed E-state index contributed by atoms with van der Waals surface area (Å²) in [7, 11) is 0. The van der Waals surface area contributed by atoms with Crippen molar-refractivity contribution in [2.45, 2.75) is 12.8 Å². The van der Waals surface area contributed by atoms with E-state index in [1.54, 1.807) is 12.1 Å². The van der Waals surface area contributed by atoms with Gasteiger partial charge in [-0.05, 0) is 29.7 Å². The van der Waals surface area contributed by atoms with Crippen molar-refractivity contribution in [1.82, 2.24) is 4.90 Å². The fourth-order valence-corrected chi connectivity index (χ4v) is 2.19. The zero-order valence-electron chi connectivity index (χ0n) is 10.9. The zero-order chi connectivity index (χ0) is 14.6. The predicted octanol–water partition coefficient (Wildman–Crippen LogP) is 2.67. The molecule has 1 aromatic rings. The number of aliphatic hydroxyl groups is 1. The van der Waals surface area contributed by atoms with Gasteiger partial charge in [-0.15, -0.1) is 13.2 Å². The van der Waals surface area contributed by atoms with Crippen LogP contribution in [0.15, 0.2) is 30.3 Å². The maximum atomic E-state index is 12.1. The standard InChI is InChI=1S/C14H16F3NO2/c15-14(16,17)20-13-3-1-11(2-4-13)12-5-7-18(8-6-12)9-10-19/h1-5,19H,6-10H2. The van der Waals surface area contributed by atoms with Crippen molar-refractivity contribution in [1.29, 1.82) is 0 Å². The lowest BCUT2D eigenvalue weighted by atomic mass is 9.99. The summed E-state index contributed by atoms with van der Waals surface area (Å²) in [6.07, 6.45) is -1.80. The highest BCUT2D eigenvalue weighted by molar-refractivity contribution is 5.67. The van der Waals surface area contributed by atoms with Crippen LogP contribution in [0.1, 0.15) is 12.0 Å². The monoisotopic (exact) mass is 287 g/mol. The van der Waals surface area contributed by atoms with Gasteiger partial charge in [0, 0.05) is 19.6 Å². The van der Waals surface area contributed by atoms with Crippen LogP contribution in [0, 0.1) is 0 Å². The van der Waals surface area contributed by atoms with Gasteiger partial charge in [-0.1, -0.05) is 18.2 Å². The SMILES string of the molecule is OCCN1CC=C(c2ccc(OC(F)(F)F)cc2)CC1. The molecule has 0 saturated heterocycles. The smallest absolute Gasteiger partial charge is 0.406 e. The summed E-state index contributed by atoms with van der Waals surface area (Å²) in [5.41, 5.74) is 2.01. The molecule has 0 aromatic heterocycles. The molecule has 1 aromatic carbocycles. The average molecular weight is 287 g/mol. The summed E-state index contributed by atoms with van der Waals surface area (Å²) >= 11 is 0. The van der Waals surface area contributed by atoms with Crippen molar-refractivity contribution in [2.24, 2.45) is 0 Å². The third-order valence-electron chi connectivity index (χ3n) is 3.17. The van der Waals surface area contributed by atoms with Gasteiger partial charge in [0.2, 0.25) is 0 Å². The van der Waals surface area contributed by atoms with Crippen LogP contribution in [0.4, 0.5) is 13.2 Å². The van der Waals surface area contributed by atoms with Crippen LogP contribution < -0.4 is 4.74 Å². The van der Waals surface area contributed by atoms with Crippen LogP contribution in [0.2, 0.25) is 0 Å². The number of ether oxygens (including phenoxy) is 1. The van der Waals surface area contributed by atoms with Crippen molar-refractivity contribution in [3.8, 4) is 5.75 Å². The van der Waals surface area contributed by atoms with Crippen molar-refractivity contribution >= 4 is 5.57 Å². The first-order valence-electron chi connectivity index (χ1n) is 6.36. The lowest BCUT2D eigenvalue weighted by Crippen LogP contribution is -2.31. The van der Waals surface area contributed by atoms with Crippen LogP contribution in [-0.2, 0) is 0 Å². The molecule has 3 nitrogen and oxygen atoms in total. The summed E-state index contributed by atoms with van der Waals surface area (Å²) < 4.78 is 40.0. The molecule has 0 radical (unpaired) electrons. The second-order valence-corrected chi connectivity index (χ2v) is 4.58. The number of alkyl halides is 3. The number of hydrogen-bond donors (Lipinski definition) is 1. The molecule has 0 saturated carbocycles. The van der Waals surface area contributed by atoms with Gasteiger partial charge >= 0.3 is 6.36 Å². The van der Waals surface area contributed by atoms with E-state index in [1.165, 1.54) is 12.1 Å². The third kappa shape index (κ3) is 4.25. The zero-order valence-corrected chi connectivity index (χ0v) is 10.9. The number of rotatable bonds is 4. The number of nitrogens with zero attached hydrogens (tertiary/aromatic N) is 1. The van der Waals surface area contributed by atoms with Crippen LogP contribution in [0.5, 0.6) is 5.75 Å². The molecular weight excluding hydrogens is 271 g/mol. The Bertz CT molecular complexity index is 468. The molecule has 20 heavy (non-hydrogen) atoms. The normalized spacial score (nSPS) is 16.9. The molecule has 0 spiro atoms. The summed E-state index contributed by atoms with van der Waals surface area (Å²) in [6, 6.07) is 5.91. The first-order valence-corrected chi connectivity index (χ1v) is 6.36. The average Bonchev–Trinajstić information content (AvgIpc) is 2.39. The Morgan fingerprint density at radius 2 is 1.90 bits per heavy atom. The first-order chi connectivity index (χ1) is 9.48. The summed E-state index contributed by atoms with van der Waals surface area (Å²) in [6.45, 7) is 2.36. The van der Waals surface area contributed by atoms with Gasteiger partial charge in [0.25, 0.3) is 0 Å². The second kappa shape index (κ2) is 6.28. The van der Waals surface area contributed by atoms with Crippen molar-refractivity contribution in [3.63, 3.8) is 0 Å². The molecule has 0 unspecified atom stereocenters. The maximum absolute atomic E-state index is 12.1. The van der Waals surface area contributed by atoms with Crippen LogP contribution in [-0.4, -0.2) is 42.6 Å². The molecule has 2 rings (SSSR count). The fraction of sp³-hybridized carbons (Fsp3) is 0.429. The van der Waals surface area contributed by atoms with Crippen molar-refractivity contribution in [3.05, 3.63) is 35.9 Å². The number of halogens is 3.